The first kappa shape index (κ1) is 20.0. The summed E-state index contributed by atoms with van der Waals surface area (Å²) in [6.45, 7) is 0. The number of esters is 2. The first-order valence-corrected chi connectivity index (χ1v) is 11.9. The van der Waals surface area contributed by atoms with Gasteiger partial charge in [0, 0.05) is 15.4 Å². The van der Waals surface area contributed by atoms with E-state index >= 15 is 0 Å². The van der Waals surface area contributed by atoms with Gasteiger partial charge >= 0.3 is 11.9 Å². The second kappa shape index (κ2) is 8.20. The summed E-state index contributed by atoms with van der Waals surface area (Å²) >= 11 is 4.91. The van der Waals surface area contributed by atoms with Crippen molar-refractivity contribution < 1.29 is 19.1 Å². The van der Waals surface area contributed by atoms with Crippen LogP contribution in [0.25, 0.3) is 4.91 Å². The molecule has 1 aromatic carbocycles. The van der Waals surface area contributed by atoms with Crippen molar-refractivity contribution in [2.75, 3.05) is 14.2 Å². The quantitative estimate of drug-likeness (QED) is 0.630. The van der Waals surface area contributed by atoms with Crippen LogP contribution < -0.4 is 0 Å². The molecule has 1 aromatic rings. The van der Waals surface area contributed by atoms with E-state index in [2.05, 4.69) is 6.08 Å². The maximum absolute atomic E-state index is 12.9. The van der Waals surface area contributed by atoms with Crippen molar-refractivity contribution in [1.29, 1.82) is 0 Å². The number of carbonyl (C=O) groups is 2. The van der Waals surface area contributed by atoms with Gasteiger partial charge in [0.2, 0.25) is 0 Å². The fraction of sp³-hybridized carbons (Fsp3) is 0.429. The molecule has 2 fully saturated rings. The van der Waals surface area contributed by atoms with Gasteiger partial charge in [0.05, 0.1) is 19.8 Å². The van der Waals surface area contributed by atoms with Crippen LogP contribution in [0, 0.1) is 0 Å². The summed E-state index contributed by atoms with van der Waals surface area (Å²) in [7, 11) is 2.73. The lowest BCUT2D eigenvalue weighted by atomic mass is 10.00. The maximum Gasteiger partial charge on any atom is 0.345 e. The molecule has 2 atom stereocenters. The Balaban J connectivity index is 1.86. The molecule has 1 spiro atoms. The second-order valence-corrected chi connectivity index (χ2v) is 11.2. The maximum atomic E-state index is 12.9. The van der Waals surface area contributed by atoms with Gasteiger partial charge in [-0.05, 0) is 24.5 Å². The van der Waals surface area contributed by atoms with Crippen molar-refractivity contribution in [3.63, 3.8) is 0 Å². The lowest BCUT2D eigenvalue weighted by Crippen LogP contribution is -2.31. The van der Waals surface area contributed by atoms with Gasteiger partial charge in [0.1, 0.15) is 8.98 Å². The molecule has 4 nitrogen and oxygen atoms in total. The predicted molar refractivity (Wildman–Crippen MR) is 117 cm³/mol. The zero-order chi connectivity index (χ0) is 19.7. The third-order valence-corrected chi connectivity index (χ3v) is 10.2. The molecule has 148 valence electrons. The molecule has 7 heteroatoms. The van der Waals surface area contributed by atoms with E-state index in [-0.39, 0.29) is 0 Å². The van der Waals surface area contributed by atoms with Crippen LogP contribution in [-0.4, -0.2) is 40.7 Å². The van der Waals surface area contributed by atoms with E-state index in [0.717, 1.165) is 23.3 Å². The Hall–Kier alpha value is -1.31. The number of methoxy groups -OCH3 is 2. The Bertz CT molecular complexity index is 832. The van der Waals surface area contributed by atoms with E-state index in [1.807, 2.05) is 30.3 Å². The molecule has 2 unspecified atom stereocenters. The molecular weight excluding hydrogens is 412 g/mol. The number of rotatable bonds is 3. The summed E-state index contributed by atoms with van der Waals surface area (Å²) in [4.78, 5) is 26.8. The van der Waals surface area contributed by atoms with E-state index in [4.69, 9.17) is 9.47 Å². The van der Waals surface area contributed by atoms with Gasteiger partial charge in [0.15, 0.2) is 0 Å². The Morgan fingerprint density at radius 1 is 0.964 bits per heavy atom. The van der Waals surface area contributed by atoms with E-state index in [0.29, 0.717) is 21.0 Å². The first-order chi connectivity index (χ1) is 13.6. The lowest BCUT2D eigenvalue weighted by Gasteiger charge is -2.32. The van der Waals surface area contributed by atoms with Crippen LogP contribution in [0.3, 0.4) is 0 Å². The highest BCUT2D eigenvalue weighted by Crippen LogP contribution is 2.64. The lowest BCUT2D eigenvalue weighted by molar-refractivity contribution is -0.138. The monoisotopic (exact) mass is 434 g/mol. The molecule has 28 heavy (non-hydrogen) atoms. The normalized spacial score (nSPS) is 29.3. The Morgan fingerprint density at radius 3 is 2.14 bits per heavy atom. The van der Waals surface area contributed by atoms with Crippen LogP contribution in [-0.2, 0) is 19.1 Å². The van der Waals surface area contributed by atoms with Crippen molar-refractivity contribution in [2.24, 2.45) is 0 Å². The number of carbonyl (C=O) groups excluding carboxylic acids is 2. The zero-order valence-electron chi connectivity index (χ0n) is 15.8. The number of hydrogen-bond acceptors (Lipinski definition) is 7. The zero-order valence-corrected chi connectivity index (χ0v) is 18.3. The SMILES string of the molecule is COC(=O)C1=C(C(=O)OC)C2(C=C(c3ccccc3)S1)SC1CCCCC1S2. The Kier molecular flexibility index (Phi) is 5.86. The summed E-state index contributed by atoms with van der Waals surface area (Å²) < 4.78 is 9.55. The highest BCUT2D eigenvalue weighted by atomic mass is 32.2. The molecular formula is C21H22O4S3. The topological polar surface area (TPSA) is 52.6 Å². The molecule has 2 heterocycles. The van der Waals surface area contributed by atoms with Gasteiger partial charge in [-0.1, -0.05) is 54.9 Å². The number of benzene rings is 1. The van der Waals surface area contributed by atoms with Gasteiger partial charge in [-0.3, -0.25) is 0 Å². The molecule has 0 radical (unpaired) electrons. The number of fused-ring (bicyclic) bond motifs is 1. The summed E-state index contributed by atoms with van der Waals surface area (Å²) in [5.41, 5.74) is 1.46. The smallest absolute Gasteiger partial charge is 0.345 e. The molecule has 1 saturated heterocycles. The number of ether oxygens (including phenoxy) is 2. The minimum atomic E-state index is -0.618. The van der Waals surface area contributed by atoms with Crippen LogP contribution in [0.5, 0.6) is 0 Å². The molecule has 0 amide bonds. The van der Waals surface area contributed by atoms with Crippen molar-refractivity contribution >= 4 is 52.1 Å². The molecule has 0 bridgehead atoms. The van der Waals surface area contributed by atoms with Gasteiger partial charge in [-0.2, -0.15) is 0 Å². The minimum absolute atomic E-state index is 0.342. The molecule has 3 aliphatic rings. The molecule has 0 aromatic heterocycles. The summed E-state index contributed by atoms with van der Waals surface area (Å²) in [5, 5.41) is 0.961. The third kappa shape index (κ3) is 3.53. The average Bonchev–Trinajstić information content (AvgIpc) is 3.10. The average molecular weight is 435 g/mol. The van der Waals surface area contributed by atoms with E-state index in [1.165, 1.54) is 38.8 Å². The van der Waals surface area contributed by atoms with Crippen LogP contribution in [0.4, 0.5) is 0 Å². The number of thioether (sulfide) groups is 3. The van der Waals surface area contributed by atoms with Crippen molar-refractivity contribution in [3.05, 3.63) is 52.4 Å². The highest BCUT2D eigenvalue weighted by molar-refractivity contribution is 8.23. The standard InChI is InChI=1S/C21H22O4S3/c1-24-19(22)17-18(20(23)25-2)26-16(13-8-4-3-5-9-13)12-21(17)27-14-10-6-7-11-15(14)28-21/h3-5,8-9,12,14-15H,6-7,10-11H2,1-2H3. The number of hydrogen-bond donors (Lipinski definition) is 0. The first-order valence-electron chi connectivity index (χ1n) is 9.31. The van der Waals surface area contributed by atoms with Crippen LogP contribution in [0.1, 0.15) is 31.2 Å². The van der Waals surface area contributed by atoms with Crippen LogP contribution in [0.2, 0.25) is 0 Å². The summed E-state index contributed by atoms with van der Waals surface area (Å²) in [6, 6.07) is 9.99. The predicted octanol–water partition coefficient (Wildman–Crippen LogP) is 4.86. The summed E-state index contributed by atoms with van der Waals surface area (Å²) in [5.74, 6) is -0.933. The van der Waals surface area contributed by atoms with Gasteiger partial charge in [-0.15, -0.1) is 23.5 Å². The molecule has 2 aliphatic heterocycles. The second-order valence-electron chi connectivity index (χ2n) is 6.93. The van der Waals surface area contributed by atoms with E-state index in [9.17, 15) is 9.59 Å². The third-order valence-electron chi connectivity index (χ3n) is 5.22. The summed E-state index contributed by atoms with van der Waals surface area (Å²) in [6.07, 6.45) is 6.90. The van der Waals surface area contributed by atoms with Gasteiger partial charge < -0.3 is 9.47 Å². The van der Waals surface area contributed by atoms with Crippen LogP contribution >= 0.6 is 35.3 Å². The largest absolute Gasteiger partial charge is 0.466 e. The Morgan fingerprint density at radius 2 is 1.57 bits per heavy atom. The van der Waals surface area contributed by atoms with Crippen molar-refractivity contribution in [1.82, 2.24) is 0 Å². The molecule has 4 rings (SSSR count). The molecule has 1 saturated carbocycles. The fourth-order valence-corrected chi connectivity index (χ4v) is 9.73. The van der Waals surface area contributed by atoms with Gasteiger partial charge in [0.25, 0.3) is 0 Å². The van der Waals surface area contributed by atoms with E-state index in [1.54, 1.807) is 23.5 Å². The highest BCUT2D eigenvalue weighted by Gasteiger charge is 2.54. The molecule has 1 aliphatic carbocycles. The van der Waals surface area contributed by atoms with Gasteiger partial charge in [-0.25, -0.2) is 9.59 Å². The molecule has 0 N–H and O–H groups in total. The van der Waals surface area contributed by atoms with Crippen molar-refractivity contribution in [2.45, 2.75) is 40.3 Å². The minimum Gasteiger partial charge on any atom is -0.466 e. The fourth-order valence-electron chi connectivity index (χ4n) is 3.91. The van der Waals surface area contributed by atoms with Crippen LogP contribution in [0.15, 0.2) is 46.9 Å². The Labute approximate surface area is 177 Å². The van der Waals surface area contributed by atoms with Crippen molar-refractivity contribution in [3.8, 4) is 0 Å². The van der Waals surface area contributed by atoms with E-state index < -0.39 is 16.0 Å².